The molecule has 1 aromatic carbocycles. The third-order valence-electron chi connectivity index (χ3n) is 3.08. The summed E-state index contributed by atoms with van der Waals surface area (Å²) in [5.41, 5.74) is 1.66. The number of nitrogens with zero attached hydrogens (tertiary/aromatic N) is 1. The molecule has 0 radical (unpaired) electrons. The zero-order valence-electron chi connectivity index (χ0n) is 12.5. The molecule has 2 rings (SSSR count). The Balaban J connectivity index is 1.67. The standard InChI is InChI=1S/C17H19N3O2/c1-13-9-10-15(19-12-13)20-16(21)8-5-11-18-17(22)14-6-3-2-4-7-14/h2-4,6-7,9-10,12H,5,8,11H2,1H3,(H,18,22)(H,19,20,21). The van der Waals surface area contributed by atoms with Crippen LogP contribution in [0.5, 0.6) is 0 Å². The molecule has 0 saturated heterocycles. The minimum atomic E-state index is -0.124. The van der Waals surface area contributed by atoms with Crippen LogP contribution in [0, 0.1) is 6.92 Å². The van der Waals surface area contributed by atoms with E-state index in [2.05, 4.69) is 15.6 Å². The number of hydrogen-bond acceptors (Lipinski definition) is 3. The van der Waals surface area contributed by atoms with Gasteiger partial charge in [0.1, 0.15) is 5.82 Å². The van der Waals surface area contributed by atoms with Crippen LogP contribution in [0.4, 0.5) is 5.82 Å². The lowest BCUT2D eigenvalue weighted by molar-refractivity contribution is -0.116. The topological polar surface area (TPSA) is 71.1 Å². The second-order valence-corrected chi connectivity index (χ2v) is 4.99. The summed E-state index contributed by atoms with van der Waals surface area (Å²) in [5.74, 6) is 0.315. The molecular weight excluding hydrogens is 278 g/mol. The fourth-order valence-corrected chi connectivity index (χ4v) is 1.89. The Labute approximate surface area is 129 Å². The van der Waals surface area contributed by atoms with Gasteiger partial charge in [0.15, 0.2) is 0 Å². The van der Waals surface area contributed by atoms with Crippen molar-refractivity contribution in [3.8, 4) is 0 Å². The number of pyridine rings is 1. The molecule has 0 aliphatic heterocycles. The van der Waals surface area contributed by atoms with Crippen molar-refractivity contribution < 1.29 is 9.59 Å². The zero-order valence-corrected chi connectivity index (χ0v) is 12.5. The lowest BCUT2D eigenvalue weighted by Gasteiger charge is -2.06. The maximum absolute atomic E-state index is 11.8. The van der Waals surface area contributed by atoms with Crippen LogP contribution < -0.4 is 10.6 Å². The lowest BCUT2D eigenvalue weighted by Crippen LogP contribution is -2.25. The molecule has 1 heterocycles. The van der Waals surface area contributed by atoms with Gasteiger partial charge in [0, 0.05) is 24.7 Å². The van der Waals surface area contributed by atoms with Crippen LogP contribution in [0.25, 0.3) is 0 Å². The van der Waals surface area contributed by atoms with Crippen molar-refractivity contribution in [3.05, 3.63) is 59.8 Å². The van der Waals surface area contributed by atoms with E-state index in [9.17, 15) is 9.59 Å². The average Bonchev–Trinajstić information content (AvgIpc) is 2.54. The molecule has 2 aromatic rings. The highest BCUT2D eigenvalue weighted by molar-refractivity contribution is 5.94. The highest BCUT2D eigenvalue weighted by Gasteiger charge is 2.05. The van der Waals surface area contributed by atoms with Crippen molar-refractivity contribution in [2.45, 2.75) is 19.8 Å². The molecule has 114 valence electrons. The second-order valence-electron chi connectivity index (χ2n) is 4.99. The van der Waals surface area contributed by atoms with E-state index in [0.29, 0.717) is 30.8 Å². The number of carbonyl (C=O) groups is 2. The summed E-state index contributed by atoms with van der Waals surface area (Å²) in [7, 11) is 0. The first kappa shape index (κ1) is 15.7. The number of aryl methyl sites for hydroxylation is 1. The Kier molecular flexibility index (Phi) is 5.65. The maximum Gasteiger partial charge on any atom is 0.251 e. The molecule has 2 N–H and O–H groups in total. The molecule has 0 aliphatic rings. The molecule has 0 atom stereocenters. The van der Waals surface area contributed by atoms with E-state index in [1.165, 1.54) is 0 Å². The van der Waals surface area contributed by atoms with Gasteiger partial charge in [-0.3, -0.25) is 9.59 Å². The van der Waals surface area contributed by atoms with Gasteiger partial charge < -0.3 is 10.6 Å². The average molecular weight is 297 g/mol. The van der Waals surface area contributed by atoms with Gasteiger partial charge in [-0.2, -0.15) is 0 Å². The summed E-state index contributed by atoms with van der Waals surface area (Å²) in [6.45, 7) is 2.40. The first-order valence-electron chi connectivity index (χ1n) is 7.21. The van der Waals surface area contributed by atoms with Gasteiger partial charge in [-0.1, -0.05) is 24.3 Å². The van der Waals surface area contributed by atoms with Crippen LogP contribution in [-0.2, 0) is 4.79 Å². The SMILES string of the molecule is Cc1ccc(NC(=O)CCCNC(=O)c2ccccc2)nc1. The number of aromatic nitrogens is 1. The molecule has 0 bridgehead atoms. The predicted octanol–water partition coefficient (Wildman–Crippen LogP) is 2.54. The highest BCUT2D eigenvalue weighted by atomic mass is 16.2. The summed E-state index contributed by atoms with van der Waals surface area (Å²) < 4.78 is 0. The van der Waals surface area contributed by atoms with Crippen LogP contribution in [0.2, 0.25) is 0 Å². The number of nitrogens with one attached hydrogen (secondary N) is 2. The van der Waals surface area contributed by atoms with Gasteiger partial charge in [-0.25, -0.2) is 4.98 Å². The van der Waals surface area contributed by atoms with Crippen LogP contribution in [0.3, 0.4) is 0 Å². The first-order valence-corrected chi connectivity index (χ1v) is 7.21. The minimum Gasteiger partial charge on any atom is -0.352 e. The number of carbonyl (C=O) groups excluding carboxylic acids is 2. The van der Waals surface area contributed by atoms with Crippen molar-refractivity contribution in [2.24, 2.45) is 0 Å². The molecule has 5 nitrogen and oxygen atoms in total. The highest BCUT2D eigenvalue weighted by Crippen LogP contribution is 2.05. The lowest BCUT2D eigenvalue weighted by atomic mass is 10.2. The van der Waals surface area contributed by atoms with E-state index in [1.807, 2.05) is 31.2 Å². The first-order chi connectivity index (χ1) is 10.6. The number of anilines is 1. The smallest absolute Gasteiger partial charge is 0.251 e. The van der Waals surface area contributed by atoms with E-state index in [-0.39, 0.29) is 11.8 Å². The zero-order chi connectivity index (χ0) is 15.8. The van der Waals surface area contributed by atoms with E-state index < -0.39 is 0 Å². The molecular formula is C17H19N3O2. The third kappa shape index (κ3) is 5.01. The van der Waals surface area contributed by atoms with Crippen molar-refractivity contribution in [1.29, 1.82) is 0 Å². The fourth-order valence-electron chi connectivity index (χ4n) is 1.89. The molecule has 0 aliphatic carbocycles. The summed E-state index contributed by atoms with van der Waals surface area (Å²) >= 11 is 0. The predicted molar refractivity (Wildman–Crippen MR) is 85.6 cm³/mol. The summed E-state index contributed by atoms with van der Waals surface area (Å²) in [5, 5.41) is 5.52. The fraction of sp³-hybridized carbons (Fsp3) is 0.235. The molecule has 0 unspecified atom stereocenters. The molecule has 1 aromatic heterocycles. The molecule has 2 amide bonds. The van der Waals surface area contributed by atoms with Crippen molar-refractivity contribution in [2.75, 3.05) is 11.9 Å². The monoisotopic (exact) mass is 297 g/mol. The third-order valence-corrected chi connectivity index (χ3v) is 3.08. The molecule has 0 spiro atoms. The van der Waals surface area contributed by atoms with Gasteiger partial charge in [-0.15, -0.1) is 0 Å². The van der Waals surface area contributed by atoms with Crippen molar-refractivity contribution in [1.82, 2.24) is 10.3 Å². The summed E-state index contributed by atoms with van der Waals surface area (Å²) in [6.07, 6.45) is 2.62. The van der Waals surface area contributed by atoms with E-state index in [4.69, 9.17) is 0 Å². The normalized spacial score (nSPS) is 10.0. The van der Waals surface area contributed by atoms with Crippen LogP contribution in [0.15, 0.2) is 48.7 Å². The van der Waals surface area contributed by atoms with Gasteiger partial charge in [-0.05, 0) is 37.1 Å². The Morgan fingerprint density at radius 2 is 1.86 bits per heavy atom. The minimum absolute atomic E-state index is 0.106. The Morgan fingerprint density at radius 1 is 1.09 bits per heavy atom. The molecule has 0 saturated carbocycles. The van der Waals surface area contributed by atoms with Crippen molar-refractivity contribution >= 4 is 17.6 Å². The Bertz CT molecular complexity index is 624. The van der Waals surface area contributed by atoms with Gasteiger partial charge in [0.05, 0.1) is 0 Å². The number of amides is 2. The maximum atomic E-state index is 11.8. The Hall–Kier alpha value is -2.69. The molecule has 5 heteroatoms. The van der Waals surface area contributed by atoms with Gasteiger partial charge in [0.2, 0.25) is 5.91 Å². The molecule has 0 fully saturated rings. The van der Waals surface area contributed by atoms with E-state index in [1.54, 1.807) is 24.4 Å². The van der Waals surface area contributed by atoms with Crippen LogP contribution in [0.1, 0.15) is 28.8 Å². The molecule has 22 heavy (non-hydrogen) atoms. The largest absolute Gasteiger partial charge is 0.352 e. The summed E-state index contributed by atoms with van der Waals surface area (Å²) in [4.78, 5) is 27.7. The van der Waals surface area contributed by atoms with Crippen LogP contribution >= 0.6 is 0 Å². The summed E-state index contributed by atoms with van der Waals surface area (Å²) in [6, 6.07) is 12.7. The number of rotatable bonds is 6. The van der Waals surface area contributed by atoms with Crippen molar-refractivity contribution in [3.63, 3.8) is 0 Å². The quantitative estimate of drug-likeness (QED) is 0.805. The van der Waals surface area contributed by atoms with Gasteiger partial charge in [0.25, 0.3) is 5.91 Å². The Morgan fingerprint density at radius 3 is 2.55 bits per heavy atom. The van der Waals surface area contributed by atoms with Gasteiger partial charge >= 0.3 is 0 Å². The number of hydrogen-bond donors (Lipinski definition) is 2. The van der Waals surface area contributed by atoms with E-state index >= 15 is 0 Å². The van der Waals surface area contributed by atoms with E-state index in [0.717, 1.165) is 5.56 Å². The number of benzene rings is 1. The van der Waals surface area contributed by atoms with Crippen LogP contribution in [-0.4, -0.2) is 23.3 Å². The second kappa shape index (κ2) is 7.93.